The highest BCUT2D eigenvalue weighted by molar-refractivity contribution is 6.04. The van der Waals surface area contributed by atoms with Gasteiger partial charge in [-0.05, 0) is 42.3 Å². The van der Waals surface area contributed by atoms with Gasteiger partial charge in [-0.2, -0.15) is 0 Å². The van der Waals surface area contributed by atoms with Crippen LogP contribution >= 0.6 is 0 Å². The predicted molar refractivity (Wildman–Crippen MR) is 117 cm³/mol. The van der Waals surface area contributed by atoms with Crippen LogP contribution in [0.25, 0.3) is 0 Å². The summed E-state index contributed by atoms with van der Waals surface area (Å²) >= 11 is 0. The van der Waals surface area contributed by atoms with E-state index < -0.39 is 0 Å². The van der Waals surface area contributed by atoms with E-state index in [9.17, 15) is 9.59 Å². The molecule has 0 radical (unpaired) electrons. The van der Waals surface area contributed by atoms with Crippen LogP contribution in [0.1, 0.15) is 21.6 Å². The summed E-state index contributed by atoms with van der Waals surface area (Å²) in [4.78, 5) is 35.5. The van der Waals surface area contributed by atoms with E-state index in [2.05, 4.69) is 20.6 Å². The molecule has 3 heterocycles. The van der Waals surface area contributed by atoms with Gasteiger partial charge in [-0.1, -0.05) is 18.2 Å². The molecule has 31 heavy (non-hydrogen) atoms. The van der Waals surface area contributed by atoms with E-state index in [1.54, 1.807) is 24.3 Å². The molecule has 8 heteroatoms. The molecular formula is C23H23N5O3. The van der Waals surface area contributed by atoms with E-state index in [1.165, 1.54) is 6.20 Å². The summed E-state index contributed by atoms with van der Waals surface area (Å²) in [5, 5.41) is 5.91. The monoisotopic (exact) mass is 417 g/mol. The number of methoxy groups -OCH3 is 1. The second-order valence-electron chi connectivity index (χ2n) is 7.10. The Morgan fingerprint density at radius 3 is 2.90 bits per heavy atom. The smallest absolute Gasteiger partial charge is 0.252 e. The van der Waals surface area contributed by atoms with Crippen LogP contribution in [0.4, 0.5) is 11.5 Å². The summed E-state index contributed by atoms with van der Waals surface area (Å²) in [6.45, 7) is 0.938. The van der Waals surface area contributed by atoms with Crippen LogP contribution in [0.3, 0.4) is 0 Å². The molecule has 4 rings (SSSR count). The fourth-order valence-corrected chi connectivity index (χ4v) is 3.39. The molecule has 158 valence electrons. The van der Waals surface area contributed by atoms with Crippen molar-refractivity contribution in [3.8, 4) is 5.75 Å². The molecule has 0 unspecified atom stereocenters. The molecule has 0 aliphatic carbocycles. The van der Waals surface area contributed by atoms with E-state index in [-0.39, 0.29) is 18.4 Å². The first-order valence-corrected chi connectivity index (χ1v) is 9.99. The van der Waals surface area contributed by atoms with Crippen LogP contribution in [-0.2, 0) is 17.8 Å². The number of carbonyl (C=O) groups excluding carboxylic acids is 2. The van der Waals surface area contributed by atoms with Crippen LogP contribution in [0.15, 0.2) is 60.9 Å². The molecule has 3 aromatic rings. The summed E-state index contributed by atoms with van der Waals surface area (Å²) in [5.74, 6) is 1.01. The lowest BCUT2D eigenvalue weighted by Crippen LogP contribution is -2.40. The highest BCUT2D eigenvalue weighted by Gasteiger charge is 2.26. The average molecular weight is 417 g/mol. The van der Waals surface area contributed by atoms with Gasteiger partial charge in [0.1, 0.15) is 5.75 Å². The number of nitrogens with one attached hydrogen (secondary N) is 2. The number of fused-ring (bicyclic) bond motifs is 1. The van der Waals surface area contributed by atoms with Gasteiger partial charge in [-0.25, -0.2) is 4.98 Å². The number of anilines is 2. The quantitative estimate of drug-likeness (QED) is 0.613. The molecule has 2 amide bonds. The van der Waals surface area contributed by atoms with Gasteiger partial charge in [0, 0.05) is 18.9 Å². The Morgan fingerprint density at radius 2 is 2.10 bits per heavy atom. The Labute approximate surface area is 180 Å². The number of ether oxygens (including phenoxy) is 1. The number of aromatic nitrogens is 2. The van der Waals surface area contributed by atoms with Crippen LogP contribution in [-0.4, -0.2) is 42.0 Å². The molecule has 0 bridgehead atoms. The maximum absolute atomic E-state index is 12.7. The standard InChI is InChI=1S/C23H23N5O3/c1-31-19-7-4-5-16(11-19)8-10-25-23(30)17-12-20-22(26-13-17)27-14-21(29)28(20)15-18-6-2-3-9-24-18/h2-7,9,11-13H,8,10,14-15H2,1H3,(H,25,30)(H,26,27). The average Bonchev–Trinajstić information content (AvgIpc) is 2.81. The number of rotatable bonds is 7. The zero-order valence-corrected chi connectivity index (χ0v) is 17.2. The fourth-order valence-electron chi connectivity index (χ4n) is 3.39. The first-order chi connectivity index (χ1) is 15.1. The van der Waals surface area contributed by atoms with Gasteiger partial charge in [-0.3, -0.25) is 14.6 Å². The number of pyridine rings is 2. The molecule has 2 aromatic heterocycles. The Kier molecular flexibility index (Phi) is 6.07. The largest absolute Gasteiger partial charge is 0.497 e. The lowest BCUT2D eigenvalue weighted by molar-refractivity contribution is -0.117. The molecule has 0 saturated carbocycles. The SMILES string of the molecule is COc1cccc(CCNC(=O)c2cnc3c(c2)N(Cc2ccccn2)C(=O)CN3)c1. The molecule has 1 aromatic carbocycles. The van der Waals surface area contributed by atoms with Gasteiger partial charge >= 0.3 is 0 Å². The highest BCUT2D eigenvalue weighted by Crippen LogP contribution is 2.29. The van der Waals surface area contributed by atoms with Gasteiger partial charge in [0.15, 0.2) is 5.82 Å². The zero-order chi connectivity index (χ0) is 21.6. The molecule has 0 spiro atoms. The normalized spacial score (nSPS) is 12.7. The Bertz CT molecular complexity index is 1090. The fraction of sp³-hybridized carbons (Fsp3) is 0.217. The molecular weight excluding hydrogens is 394 g/mol. The Balaban J connectivity index is 1.46. The molecule has 0 atom stereocenters. The minimum atomic E-state index is -0.242. The highest BCUT2D eigenvalue weighted by atomic mass is 16.5. The number of amides is 2. The van der Waals surface area contributed by atoms with Gasteiger partial charge in [-0.15, -0.1) is 0 Å². The van der Waals surface area contributed by atoms with Gasteiger partial charge in [0.2, 0.25) is 5.91 Å². The first kappa shape index (κ1) is 20.3. The number of nitrogens with zero attached hydrogens (tertiary/aromatic N) is 3. The summed E-state index contributed by atoms with van der Waals surface area (Å²) < 4.78 is 5.23. The molecule has 1 aliphatic rings. The third-order valence-corrected chi connectivity index (χ3v) is 5.01. The summed E-state index contributed by atoms with van der Waals surface area (Å²) in [6.07, 6.45) is 3.88. The third kappa shape index (κ3) is 4.80. The lowest BCUT2D eigenvalue weighted by Gasteiger charge is -2.29. The minimum absolute atomic E-state index is 0.101. The number of hydrogen-bond acceptors (Lipinski definition) is 6. The third-order valence-electron chi connectivity index (χ3n) is 5.01. The number of carbonyl (C=O) groups is 2. The molecule has 0 saturated heterocycles. The van der Waals surface area contributed by atoms with Gasteiger partial charge in [0.05, 0.1) is 37.1 Å². The van der Waals surface area contributed by atoms with Crippen molar-refractivity contribution in [1.29, 1.82) is 0 Å². The van der Waals surface area contributed by atoms with Gasteiger partial charge in [0.25, 0.3) is 5.91 Å². The van der Waals surface area contributed by atoms with Crippen LogP contribution in [0.2, 0.25) is 0 Å². The maximum Gasteiger partial charge on any atom is 0.252 e. The van der Waals surface area contributed by atoms with Crippen molar-refractivity contribution >= 4 is 23.3 Å². The van der Waals surface area contributed by atoms with Crippen LogP contribution in [0, 0.1) is 0 Å². The molecule has 0 fully saturated rings. The van der Waals surface area contributed by atoms with Crippen molar-refractivity contribution in [2.45, 2.75) is 13.0 Å². The van der Waals surface area contributed by atoms with E-state index >= 15 is 0 Å². The van der Waals surface area contributed by atoms with Crippen molar-refractivity contribution in [3.63, 3.8) is 0 Å². The van der Waals surface area contributed by atoms with E-state index in [0.717, 1.165) is 17.0 Å². The van der Waals surface area contributed by atoms with Crippen molar-refractivity contribution in [1.82, 2.24) is 15.3 Å². The van der Waals surface area contributed by atoms with E-state index in [0.29, 0.717) is 36.6 Å². The van der Waals surface area contributed by atoms with Crippen molar-refractivity contribution in [3.05, 3.63) is 77.7 Å². The number of benzene rings is 1. The summed E-state index contributed by atoms with van der Waals surface area (Å²) in [6, 6.07) is 15.0. The first-order valence-electron chi connectivity index (χ1n) is 9.99. The van der Waals surface area contributed by atoms with Crippen molar-refractivity contribution < 1.29 is 14.3 Å². The zero-order valence-electron chi connectivity index (χ0n) is 17.2. The lowest BCUT2D eigenvalue weighted by atomic mass is 10.1. The van der Waals surface area contributed by atoms with Crippen molar-refractivity contribution in [2.24, 2.45) is 0 Å². The molecule has 2 N–H and O–H groups in total. The number of hydrogen-bond donors (Lipinski definition) is 2. The topological polar surface area (TPSA) is 96.4 Å². The Morgan fingerprint density at radius 1 is 1.19 bits per heavy atom. The minimum Gasteiger partial charge on any atom is -0.497 e. The Hall–Kier alpha value is -3.94. The maximum atomic E-state index is 12.7. The second-order valence-corrected chi connectivity index (χ2v) is 7.10. The van der Waals surface area contributed by atoms with E-state index in [4.69, 9.17) is 4.74 Å². The van der Waals surface area contributed by atoms with Crippen LogP contribution < -0.4 is 20.3 Å². The van der Waals surface area contributed by atoms with Gasteiger partial charge < -0.3 is 20.3 Å². The predicted octanol–water partition coefficient (Wildman–Crippen LogP) is 2.42. The van der Waals surface area contributed by atoms with E-state index in [1.807, 2.05) is 42.5 Å². The second kappa shape index (κ2) is 9.25. The van der Waals surface area contributed by atoms with Crippen molar-refractivity contribution in [2.75, 3.05) is 30.4 Å². The van der Waals surface area contributed by atoms with Crippen LogP contribution in [0.5, 0.6) is 5.75 Å². The molecule has 1 aliphatic heterocycles. The molecule has 8 nitrogen and oxygen atoms in total. The summed E-state index contributed by atoms with van der Waals surface area (Å²) in [7, 11) is 1.63. The summed E-state index contributed by atoms with van der Waals surface area (Å²) in [5.41, 5.74) is 2.80.